The Hall–Kier alpha value is -3.61. The van der Waals surface area contributed by atoms with Gasteiger partial charge in [0.15, 0.2) is 0 Å². The summed E-state index contributed by atoms with van der Waals surface area (Å²) in [5.41, 5.74) is 7.05. The van der Waals surface area contributed by atoms with Crippen molar-refractivity contribution in [3.63, 3.8) is 0 Å². The van der Waals surface area contributed by atoms with Crippen LogP contribution in [0.5, 0.6) is 0 Å². The highest BCUT2D eigenvalue weighted by atomic mass is 28.3. The van der Waals surface area contributed by atoms with Crippen LogP contribution < -0.4 is 0 Å². The molecule has 144 valence electrons. The largest absolute Gasteiger partial charge is 0.278 e. The van der Waals surface area contributed by atoms with Gasteiger partial charge in [-0.2, -0.15) is 10.2 Å². The number of hydrogen-bond acceptors (Lipinski definition) is 3. The molecule has 0 radical (unpaired) electrons. The van der Waals surface area contributed by atoms with Crippen molar-refractivity contribution in [3.05, 3.63) is 59.9 Å². The molecule has 0 aliphatic rings. The van der Waals surface area contributed by atoms with Crippen LogP contribution in [0.25, 0.3) is 21.8 Å². The zero-order chi connectivity index (χ0) is 21.0. The van der Waals surface area contributed by atoms with E-state index < -0.39 is 8.07 Å². The van der Waals surface area contributed by atoms with Gasteiger partial charge in [0.2, 0.25) is 5.91 Å². The zero-order valence-corrected chi connectivity index (χ0v) is 17.9. The van der Waals surface area contributed by atoms with E-state index in [1.54, 1.807) is 12.4 Å². The van der Waals surface area contributed by atoms with Gasteiger partial charge >= 0.3 is 0 Å². The van der Waals surface area contributed by atoms with Crippen molar-refractivity contribution < 1.29 is 4.79 Å². The van der Waals surface area contributed by atoms with E-state index in [-0.39, 0.29) is 5.91 Å². The van der Waals surface area contributed by atoms with Gasteiger partial charge in [-0.1, -0.05) is 31.5 Å². The molecule has 0 aliphatic heterocycles. The van der Waals surface area contributed by atoms with Crippen molar-refractivity contribution in [1.29, 1.82) is 0 Å². The van der Waals surface area contributed by atoms with Crippen LogP contribution in [0.3, 0.4) is 0 Å². The third kappa shape index (κ3) is 5.01. The lowest BCUT2D eigenvalue weighted by Crippen LogP contribution is -2.16. The smallest absolute Gasteiger partial charge is 0.244 e. The van der Waals surface area contributed by atoms with Gasteiger partial charge in [-0.05, 0) is 36.4 Å². The van der Waals surface area contributed by atoms with Crippen LogP contribution in [-0.4, -0.2) is 34.0 Å². The highest BCUT2D eigenvalue weighted by Gasteiger charge is 2.08. The van der Waals surface area contributed by atoms with Gasteiger partial charge in [-0.15, -0.1) is 12.0 Å². The van der Waals surface area contributed by atoms with Crippen LogP contribution in [-0.2, 0) is 0 Å². The van der Waals surface area contributed by atoms with E-state index in [2.05, 4.69) is 52.3 Å². The number of nitrogens with one attached hydrogen (secondary N) is 1. The summed E-state index contributed by atoms with van der Waals surface area (Å²) >= 11 is 0. The number of nitrogens with zero attached hydrogens (tertiary/aromatic N) is 3. The molecular weight excluding hydrogens is 376 g/mol. The van der Waals surface area contributed by atoms with Crippen LogP contribution >= 0.6 is 0 Å². The highest BCUT2D eigenvalue weighted by Crippen LogP contribution is 2.15. The molecule has 29 heavy (non-hydrogen) atoms. The first-order chi connectivity index (χ1) is 13.8. The summed E-state index contributed by atoms with van der Waals surface area (Å²) in [6, 6.07) is 11.6. The van der Waals surface area contributed by atoms with E-state index in [1.807, 2.05) is 36.4 Å². The molecule has 6 heteroatoms. The predicted octanol–water partition coefficient (Wildman–Crippen LogP) is 4.47. The second-order valence-corrected chi connectivity index (χ2v) is 12.4. The molecule has 0 unspecified atom stereocenters. The van der Waals surface area contributed by atoms with Crippen molar-refractivity contribution in [3.8, 4) is 23.8 Å². The molecule has 0 atom stereocenters. The average Bonchev–Trinajstić information content (AvgIpc) is 3.31. The molecular formula is C23H22N4OSi. The second-order valence-electron chi connectivity index (χ2n) is 7.67. The lowest BCUT2D eigenvalue weighted by molar-refractivity contribution is 0.0927. The van der Waals surface area contributed by atoms with E-state index >= 15 is 0 Å². The Morgan fingerprint density at radius 2 is 1.79 bits per heavy atom. The summed E-state index contributed by atoms with van der Waals surface area (Å²) in [7, 11) is -1.36. The topological polar surface area (TPSA) is 63.6 Å². The minimum absolute atomic E-state index is 0.0778. The molecule has 2 aromatic carbocycles. The molecule has 0 spiro atoms. The van der Waals surface area contributed by atoms with Crippen molar-refractivity contribution >= 4 is 35.8 Å². The molecule has 2 aromatic heterocycles. The van der Waals surface area contributed by atoms with Gasteiger partial charge < -0.3 is 0 Å². The van der Waals surface area contributed by atoms with Crippen molar-refractivity contribution in [2.24, 2.45) is 0 Å². The van der Waals surface area contributed by atoms with Crippen molar-refractivity contribution in [2.45, 2.75) is 26.6 Å². The normalized spacial score (nSPS) is 10.6. The molecule has 4 rings (SSSR count). The maximum absolute atomic E-state index is 11.3. The van der Waals surface area contributed by atoms with E-state index in [0.29, 0.717) is 0 Å². The minimum atomic E-state index is -1.36. The maximum atomic E-state index is 11.3. The van der Waals surface area contributed by atoms with Crippen LogP contribution in [0.1, 0.15) is 22.8 Å². The van der Waals surface area contributed by atoms with E-state index in [1.165, 1.54) is 11.6 Å². The molecule has 0 saturated carbocycles. The number of fused-ring (bicyclic) bond motifs is 2. The van der Waals surface area contributed by atoms with Crippen LogP contribution in [0.4, 0.5) is 0 Å². The number of carbonyl (C=O) groups is 1. The SMILES string of the molecule is C#Cc1ccc2[nH]ncc2c1.CC(=O)n1ncc2cc(C#C[Si](C)(C)C)ccc21. The van der Waals surface area contributed by atoms with Crippen molar-refractivity contribution in [1.82, 2.24) is 20.0 Å². The number of terminal acetylenes is 1. The first-order valence-electron chi connectivity index (χ1n) is 9.18. The Labute approximate surface area is 171 Å². The lowest BCUT2D eigenvalue weighted by atomic mass is 10.2. The number of aromatic amines is 1. The number of rotatable bonds is 0. The first kappa shape index (κ1) is 20.1. The van der Waals surface area contributed by atoms with Crippen molar-refractivity contribution in [2.75, 3.05) is 0 Å². The lowest BCUT2D eigenvalue weighted by Gasteiger charge is -2.03. The summed E-state index contributed by atoms with van der Waals surface area (Å²) in [6.07, 6.45) is 8.69. The Kier molecular flexibility index (Phi) is 5.68. The molecule has 1 N–H and O–H groups in total. The summed E-state index contributed by atoms with van der Waals surface area (Å²) in [5.74, 6) is 5.69. The first-order valence-corrected chi connectivity index (χ1v) is 12.7. The molecule has 5 nitrogen and oxygen atoms in total. The molecule has 2 heterocycles. The molecule has 4 aromatic rings. The minimum Gasteiger partial charge on any atom is -0.278 e. The van der Waals surface area contributed by atoms with Gasteiger partial charge in [0.05, 0.1) is 23.4 Å². The maximum Gasteiger partial charge on any atom is 0.244 e. The van der Waals surface area contributed by atoms with Gasteiger partial charge in [0.1, 0.15) is 8.07 Å². The van der Waals surface area contributed by atoms with Gasteiger partial charge in [-0.25, -0.2) is 4.68 Å². The summed E-state index contributed by atoms with van der Waals surface area (Å²) < 4.78 is 1.41. The predicted molar refractivity (Wildman–Crippen MR) is 120 cm³/mol. The average molecular weight is 399 g/mol. The Morgan fingerprint density at radius 3 is 2.48 bits per heavy atom. The summed E-state index contributed by atoms with van der Waals surface area (Å²) in [6.45, 7) is 8.15. The fourth-order valence-corrected chi connectivity index (χ4v) is 3.17. The Balaban J connectivity index is 0.000000186. The molecule has 0 fully saturated rings. The number of H-pyrrole nitrogens is 1. The Morgan fingerprint density at radius 1 is 1.07 bits per heavy atom. The van der Waals surface area contributed by atoms with Gasteiger partial charge in [0.25, 0.3) is 0 Å². The Bertz CT molecular complexity index is 1290. The molecule has 0 bridgehead atoms. The van der Waals surface area contributed by atoms with Crippen LogP contribution in [0, 0.1) is 23.8 Å². The standard InChI is InChI=1S/C14H16N2OSi.C9H6N2/c1-11(17)16-14-6-5-12(7-8-18(2,3)4)9-13(14)10-15-16;1-2-7-3-4-9-8(5-7)6-10-11-9/h5-6,9-10H,1-4H3;1,3-6H,(H,10,11). The van der Waals surface area contributed by atoms with E-state index in [0.717, 1.165) is 32.9 Å². The summed E-state index contributed by atoms with van der Waals surface area (Å²) in [5, 5.41) is 12.8. The fourth-order valence-electron chi connectivity index (χ4n) is 2.65. The second kappa shape index (κ2) is 8.18. The third-order valence-corrected chi connectivity index (χ3v) is 4.93. The summed E-state index contributed by atoms with van der Waals surface area (Å²) in [4.78, 5) is 11.3. The van der Waals surface area contributed by atoms with Gasteiger partial charge in [0, 0.05) is 28.8 Å². The highest BCUT2D eigenvalue weighted by molar-refractivity contribution is 6.83. The number of hydrogen-bond donors (Lipinski definition) is 1. The number of aromatic nitrogens is 4. The quantitative estimate of drug-likeness (QED) is 0.351. The third-order valence-electron chi connectivity index (χ3n) is 4.05. The van der Waals surface area contributed by atoms with E-state index in [9.17, 15) is 4.79 Å². The fraction of sp³-hybridized carbons (Fsp3) is 0.174. The monoisotopic (exact) mass is 398 g/mol. The number of benzene rings is 2. The molecule has 0 aliphatic carbocycles. The molecule has 0 saturated heterocycles. The van der Waals surface area contributed by atoms with Crippen LogP contribution in [0.15, 0.2) is 48.8 Å². The number of carbonyl (C=O) groups excluding carboxylic acids is 1. The van der Waals surface area contributed by atoms with Crippen LogP contribution in [0.2, 0.25) is 19.6 Å². The molecule has 0 amide bonds. The zero-order valence-electron chi connectivity index (χ0n) is 16.9. The van der Waals surface area contributed by atoms with Gasteiger partial charge in [-0.3, -0.25) is 9.89 Å². The van der Waals surface area contributed by atoms with E-state index in [4.69, 9.17) is 6.42 Å².